The Morgan fingerprint density at radius 2 is 2.05 bits per heavy atom. The van der Waals surface area contributed by atoms with Gasteiger partial charge in [0, 0.05) is 24.4 Å². The Balaban J connectivity index is 1.71. The molecule has 1 fully saturated rings. The van der Waals surface area contributed by atoms with Crippen molar-refractivity contribution in [2.24, 2.45) is 5.73 Å². The summed E-state index contributed by atoms with van der Waals surface area (Å²) in [7, 11) is 0. The lowest BCUT2D eigenvalue weighted by molar-refractivity contribution is -0.115. The lowest BCUT2D eigenvalue weighted by atomic mass is 10.2. The predicted molar refractivity (Wildman–Crippen MR) is 75.4 cm³/mol. The highest BCUT2D eigenvalue weighted by Gasteiger charge is 2.15. The zero-order chi connectivity index (χ0) is 14.4. The van der Waals surface area contributed by atoms with Crippen LogP contribution < -0.4 is 16.4 Å². The molecule has 1 aliphatic rings. The molecule has 0 spiro atoms. The molecule has 6 heteroatoms. The van der Waals surface area contributed by atoms with E-state index in [1.165, 1.54) is 0 Å². The number of ether oxygens (including phenoxy) is 1. The van der Waals surface area contributed by atoms with Crippen molar-refractivity contribution in [2.45, 2.75) is 18.9 Å². The van der Waals surface area contributed by atoms with Crippen LogP contribution in [-0.2, 0) is 9.53 Å². The third kappa shape index (κ3) is 4.32. The number of carbonyl (C=O) groups excluding carboxylic acids is 2. The molecule has 1 aromatic carbocycles. The van der Waals surface area contributed by atoms with Gasteiger partial charge in [-0.1, -0.05) is 0 Å². The van der Waals surface area contributed by atoms with Gasteiger partial charge in [-0.3, -0.25) is 9.59 Å². The van der Waals surface area contributed by atoms with Gasteiger partial charge >= 0.3 is 0 Å². The van der Waals surface area contributed by atoms with E-state index in [1.54, 1.807) is 24.3 Å². The molecule has 0 bridgehead atoms. The number of rotatable bonds is 6. The minimum Gasteiger partial charge on any atom is -0.377 e. The lowest BCUT2D eigenvalue weighted by Crippen LogP contribution is -2.33. The number of amides is 2. The second kappa shape index (κ2) is 7.02. The van der Waals surface area contributed by atoms with Crippen LogP contribution in [0.2, 0.25) is 0 Å². The van der Waals surface area contributed by atoms with E-state index in [4.69, 9.17) is 10.5 Å². The Morgan fingerprint density at radius 3 is 2.65 bits per heavy atom. The molecule has 1 heterocycles. The van der Waals surface area contributed by atoms with Crippen molar-refractivity contribution >= 4 is 17.5 Å². The molecule has 1 aliphatic heterocycles. The fraction of sp³-hybridized carbons (Fsp3) is 0.429. The standard InChI is InChI=1S/C14H19N3O3/c15-14(19)10-3-5-11(6-4-10)17-13(18)9-16-8-12-2-1-7-20-12/h3-6,12,16H,1-2,7-9H2,(H2,15,19)(H,17,18). The molecule has 6 nitrogen and oxygen atoms in total. The van der Waals surface area contributed by atoms with E-state index in [9.17, 15) is 9.59 Å². The van der Waals surface area contributed by atoms with Crippen molar-refractivity contribution in [2.75, 3.05) is 25.0 Å². The highest BCUT2D eigenvalue weighted by molar-refractivity contribution is 5.95. The third-order valence-electron chi connectivity index (χ3n) is 3.13. The molecule has 0 aliphatic carbocycles. The summed E-state index contributed by atoms with van der Waals surface area (Å²) >= 11 is 0. The van der Waals surface area contributed by atoms with Crippen LogP contribution in [0.1, 0.15) is 23.2 Å². The molecule has 108 valence electrons. The Kier molecular flexibility index (Phi) is 5.09. The largest absolute Gasteiger partial charge is 0.377 e. The quantitative estimate of drug-likeness (QED) is 0.705. The summed E-state index contributed by atoms with van der Waals surface area (Å²) in [4.78, 5) is 22.6. The van der Waals surface area contributed by atoms with Crippen LogP contribution in [-0.4, -0.2) is 37.6 Å². The monoisotopic (exact) mass is 277 g/mol. The summed E-state index contributed by atoms with van der Waals surface area (Å²) in [5.41, 5.74) is 6.20. The lowest BCUT2D eigenvalue weighted by Gasteiger charge is -2.11. The Bertz CT molecular complexity index is 467. The van der Waals surface area contributed by atoms with E-state index in [1.807, 2.05) is 0 Å². The van der Waals surface area contributed by atoms with Crippen molar-refractivity contribution in [3.05, 3.63) is 29.8 Å². The van der Waals surface area contributed by atoms with Crippen LogP contribution in [0, 0.1) is 0 Å². The zero-order valence-electron chi connectivity index (χ0n) is 11.2. The van der Waals surface area contributed by atoms with Crippen LogP contribution in [0.25, 0.3) is 0 Å². The maximum absolute atomic E-state index is 11.7. The second-order valence-corrected chi connectivity index (χ2v) is 4.76. The van der Waals surface area contributed by atoms with Crippen molar-refractivity contribution in [1.82, 2.24) is 5.32 Å². The van der Waals surface area contributed by atoms with Gasteiger partial charge in [-0.05, 0) is 37.1 Å². The summed E-state index contributed by atoms with van der Waals surface area (Å²) in [6, 6.07) is 6.46. The van der Waals surface area contributed by atoms with E-state index < -0.39 is 5.91 Å². The van der Waals surface area contributed by atoms with Gasteiger partial charge < -0.3 is 21.1 Å². The van der Waals surface area contributed by atoms with Gasteiger partial charge in [-0.25, -0.2) is 0 Å². The maximum atomic E-state index is 11.7. The summed E-state index contributed by atoms with van der Waals surface area (Å²) in [5, 5.41) is 5.80. The average molecular weight is 277 g/mol. The van der Waals surface area contributed by atoms with Crippen LogP contribution in [0.3, 0.4) is 0 Å². The molecule has 0 radical (unpaired) electrons. The van der Waals surface area contributed by atoms with Crippen molar-refractivity contribution in [1.29, 1.82) is 0 Å². The molecular weight excluding hydrogens is 258 g/mol. The van der Waals surface area contributed by atoms with E-state index in [0.29, 0.717) is 17.8 Å². The number of hydrogen-bond donors (Lipinski definition) is 3. The van der Waals surface area contributed by atoms with E-state index in [2.05, 4.69) is 10.6 Å². The summed E-state index contributed by atoms with van der Waals surface area (Å²) in [6.07, 6.45) is 2.35. The Hall–Kier alpha value is -1.92. The fourth-order valence-electron chi connectivity index (χ4n) is 2.08. The van der Waals surface area contributed by atoms with Crippen molar-refractivity contribution in [3.8, 4) is 0 Å². The predicted octanol–water partition coefficient (Wildman–Crippen LogP) is 0.493. The van der Waals surface area contributed by atoms with Gasteiger partial charge in [0.1, 0.15) is 0 Å². The van der Waals surface area contributed by atoms with Gasteiger partial charge in [-0.2, -0.15) is 0 Å². The van der Waals surface area contributed by atoms with E-state index in [0.717, 1.165) is 19.4 Å². The van der Waals surface area contributed by atoms with Gasteiger partial charge in [-0.15, -0.1) is 0 Å². The molecule has 2 rings (SSSR count). The first-order valence-corrected chi connectivity index (χ1v) is 6.67. The maximum Gasteiger partial charge on any atom is 0.248 e. The smallest absolute Gasteiger partial charge is 0.248 e. The van der Waals surface area contributed by atoms with Crippen LogP contribution in [0.4, 0.5) is 5.69 Å². The molecule has 1 saturated heterocycles. The van der Waals surface area contributed by atoms with Crippen LogP contribution in [0.5, 0.6) is 0 Å². The van der Waals surface area contributed by atoms with Crippen LogP contribution in [0.15, 0.2) is 24.3 Å². The molecule has 0 saturated carbocycles. The number of nitrogens with two attached hydrogens (primary N) is 1. The van der Waals surface area contributed by atoms with Gasteiger partial charge in [0.2, 0.25) is 11.8 Å². The molecule has 0 aromatic heterocycles. The molecule has 20 heavy (non-hydrogen) atoms. The SMILES string of the molecule is NC(=O)c1ccc(NC(=O)CNCC2CCCO2)cc1. The van der Waals surface area contributed by atoms with Crippen molar-refractivity contribution in [3.63, 3.8) is 0 Å². The number of benzene rings is 1. The number of nitrogens with one attached hydrogen (secondary N) is 2. The molecule has 1 aromatic rings. The molecular formula is C14H19N3O3. The number of primary amides is 1. The Labute approximate surface area is 117 Å². The summed E-state index contributed by atoms with van der Waals surface area (Å²) in [5.74, 6) is -0.615. The second-order valence-electron chi connectivity index (χ2n) is 4.76. The highest BCUT2D eigenvalue weighted by Crippen LogP contribution is 2.11. The number of carbonyl (C=O) groups is 2. The first kappa shape index (κ1) is 14.5. The van der Waals surface area contributed by atoms with Gasteiger partial charge in [0.15, 0.2) is 0 Å². The average Bonchev–Trinajstić information content (AvgIpc) is 2.92. The highest BCUT2D eigenvalue weighted by atomic mass is 16.5. The first-order valence-electron chi connectivity index (χ1n) is 6.67. The minimum atomic E-state index is -0.485. The van der Waals surface area contributed by atoms with Gasteiger partial charge in [0.25, 0.3) is 0 Å². The molecule has 2 amide bonds. The third-order valence-corrected chi connectivity index (χ3v) is 3.13. The summed E-state index contributed by atoms with van der Waals surface area (Å²) in [6.45, 7) is 1.73. The van der Waals surface area contributed by atoms with E-state index in [-0.39, 0.29) is 18.6 Å². The summed E-state index contributed by atoms with van der Waals surface area (Å²) < 4.78 is 5.45. The topological polar surface area (TPSA) is 93.5 Å². The normalized spacial score (nSPS) is 17.9. The number of anilines is 1. The molecule has 4 N–H and O–H groups in total. The molecule has 1 atom stereocenters. The van der Waals surface area contributed by atoms with E-state index >= 15 is 0 Å². The Morgan fingerprint density at radius 1 is 1.30 bits per heavy atom. The van der Waals surface area contributed by atoms with Gasteiger partial charge in [0.05, 0.1) is 12.6 Å². The first-order chi connectivity index (χ1) is 9.65. The molecule has 1 unspecified atom stereocenters. The minimum absolute atomic E-state index is 0.130. The number of hydrogen-bond acceptors (Lipinski definition) is 4. The van der Waals surface area contributed by atoms with Crippen LogP contribution >= 0.6 is 0 Å². The van der Waals surface area contributed by atoms with Crippen molar-refractivity contribution < 1.29 is 14.3 Å². The fourth-order valence-corrected chi connectivity index (χ4v) is 2.08. The zero-order valence-corrected chi connectivity index (χ0v) is 11.2.